The Labute approximate surface area is 43.2 Å². The Bertz CT molecular complexity index is 75.6. The molecular weight excluding hydrogens is 166 g/mol. The fraction of sp³-hybridized carbons (Fsp3) is 1.00. The Kier molecular flexibility index (Phi) is 2.38. The average Bonchev–Trinajstić information content (AvgIpc) is 1.35. The van der Waals surface area contributed by atoms with E-state index in [-0.39, 0.29) is 14.5 Å². The number of hydrogen-bond acceptors (Lipinski definition) is 1. The van der Waals surface area contributed by atoms with Gasteiger partial charge in [-0.3, -0.25) is 0 Å². The first-order chi connectivity index (χ1) is 2.56. The normalized spacial score (nSPS) is 19.8. The molecule has 0 bridgehead atoms. The molecule has 0 aliphatic rings. The van der Waals surface area contributed by atoms with Crippen molar-refractivity contribution in [2.45, 2.75) is 5.82 Å². The Morgan fingerprint density at radius 2 is 2.00 bits per heavy atom. The van der Waals surface area contributed by atoms with E-state index in [1.165, 1.54) is 6.66 Å². The van der Waals surface area contributed by atoms with Crippen LogP contribution in [0.5, 0.6) is 0 Å². The van der Waals surface area contributed by atoms with Crippen molar-refractivity contribution < 1.29 is 9.46 Å². The third-order valence-corrected chi connectivity index (χ3v) is 5.28. The molecule has 0 saturated carbocycles. The van der Waals surface area contributed by atoms with E-state index in [0.717, 1.165) is 0 Å². The minimum absolute atomic E-state index is 0.0764. The van der Waals surface area contributed by atoms with Crippen LogP contribution in [0.2, 0.25) is 5.82 Å². The number of rotatable bonds is 1. The van der Waals surface area contributed by atoms with Crippen molar-refractivity contribution in [3.05, 3.63) is 0 Å². The van der Waals surface area contributed by atoms with Gasteiger partial charge in [0.1, 0.15) is 0 Å². The summed E-state index contributed by atoms with van der Waals surface area (Å²) >= 11 is -0.0764. The molecule has 38 valence electrons. The van der Waals surface area contributed by atoms with Gasteiger partial charge in [0, 0.05) is 0 Å². The minimum atomic E-state index is -2.58. The van der Waals surface area contributed by atoms with Crippen LogP contribution in [0.4, 0.5) is 0 Å². The van der Waals surface area contributed by atoms with Gasteiger partial charge >= 0.3 is 42.5 Å². The third-order valence-electron chi connectivity index (χ3n) is 0.339. The first-order valence-electron chi connectivity index (χ1n) is 1.42. The maximum absolute atomic E-state index is 10.2. The molecule has 2 nitrogen and oxygen atoms in total. The molecule has 4 heteroatoms. The van der Waals surface area contributed by atoms with Crippen molar-refractivity contribution >= 4 is 20.6 Å². The molecule has 0 rings (SSSR count). The van der Waals surface area contributed by atoms with Crippen molar-refractivity contribution in [1.82, 2.24) is 0 Å². The van der Waals surface area contributed by atoms with Crippen LogP contribution in [-0.2, 0) is 4.57 Å². The quantitative estimate of drug-likeness (QED) is 0.464. The van der Waals surface area contributed by atoms with E-state index in [4.69, 9.17) is 4.89 Å². The van der Waals surface area contributed by atoms with Crippen LogP contribution in [0.15, 0.2) is 0 Å². The zero-order chi connectivity index (χ0) is 5.21. The molecule has 0 radical (unpaired) electrons. The summed E-state index contributed by atoms with van der Waals surface area (Å²) in [5.74, 6) is 1.76. The van der Waals surface area contributed by atoms with Crippen LogP contribution in [0.3, 0.4) is 0 Å². The molecule has 1 unspecified atom stereocenters. The van der Waals surface area contributed by atoms with Crippen molar-refractivity contribution in [3.8, 4) is 0 Å². The van der Waals surface area contributed by atoms with Gasteiger partial charge in [-0.25, -0.2) is 0 Å². The molecule has 0 aromatic heterocycles. The summed E-state index contributed by atoms with van der Waals surface area (Å²) in [4.78, 5) is 8.41. The van der Waals surface area contributed by atoms with Crippen molar-refractivity contribution in [1.29, 1.82) is 0 Å². The topological polar surface area (TPSA) is 37.3 Å². The molecule has 1 N–H and O–H groups in total. The van der Waals surface area contributed by atoms with E-state index in [9.17, 15) is 4.57 Å². The zero-order valence-corrected chi connectivity index (χ0v) is 6.32. The molecule has 0 aromatic rings. The van der Waals surface area contributed by atoms with Crippen LogP contribution in [0.1, 0.15) is 0 Å². The molecule has 0 spiro atoms. The van der Waals surface area contributed by atoms with Gasteiger partial charge in [-0.2, -0.15) is 0 Å². The predicted molar refractivity (Wildman–Crippen MR) is 27.4 cm³/mol. The Balaban J connectivity index is 3.48. The van der Waals surface area contributed by atoms with Gasteiger partial charge in [-0.1, -0.05) is 0 Å². The molecule has 1 atom stereocenters. The zero-order valence-electron chi connectivity index (χ0n) is 3.71. The molecular formula is C2H7O2PSe. The van der Waals surface area contributed by atoms with Gasteiger partial charge in [0.05, 0.1) is 0 Å². The predicted octanol–water partition coefficient (Wildman–Crippen LogP) is 0.554. The molecule has 0 amide bonds. The van der Waals surface area contributed by atoms with Crippen LogP contribution in [0.25, 0.3) is 0 Å². The second-order valence-electron chi connectivity index (χ2n) is 0.986. The van der Waals surface area contributed by atoms with Crippen molar-refractivity contribution in [3.63, 3.8) is 0 Å². The van der Waals surface area contributed by atoms with Crippen LogP contribution >= 0.6 is 6.06 Å². The Hall–Kier alpha value is 0.709. The summed E-state index contributed by atoms with van der Waals surface area (Å²) in [5.41, 5.74) is 0. The second-order valence-corrected chi connectivity index (χ2v) is 9.52. The van der Waals surface area contributed by atoms with E-state index in [2.05, 4.69) is 0 Å². The summed E-state index contributed by atoms with van der Waals surface area (Å²) in [6.45, 7) is 1.38. The second kappa shape index (κ2) is 2.13. The SMILES string of the molecule is C[Se]P(C)(=O)O. The standard InChI is InChI=1S/C2H7O2PSe/c1-5(3,4)6-2/h1-2H3,(H,3,4). The molecule has 6 heavy (non-hydrogen) atoms. The molecule has 0 fully saturated rings. The van der Waals surface area contributed by atoms with Crippen LogP contribution < -0.4 is 0 Å². The van der Waals surface area contributed by atoms with Crippen molar-refractivity contribution in [2.75, 3.05) is 6.66 Å². The van der Waals surface area contributed by atoms with Crippen LogP contribution in [0, 0.1) is 0 Å². The fourth-order valence-corrected chi connectivity index (χ4v) is 0. The summed E-state index contributed by atoms with van der Waals surface area (Å²) in [7, 11) is 0. The van der Waals surface area contributed by atoms with Gasteiger partial charge in [-0.05, 0) is 0 Å². The Morgan fingerprint density at radius 3 is 2.00 bits per heavy atom. The molecule has 0 aromatic carbocycles. The first kappa shape index (κ1) is 6.71. The number of hydrogen-bond donors (Lipinski definition) is 1. The summed E-state index contributed by atoms with van der Waals surface area (Å²) in [6, 6.07) is -2.58. The van der Waals surface area contributed by atoms with Gasteiger partial charge < -0.3 is 0 Å². The van der Waals surface area contributed by atoms with Gasteiger partial charge in [0.15, 0.2) is 0 Å². The summed E-state index contributed by atoms with van der Waals surface area (Å²) < 4.78 is 10.2. The van der Waals surface area contributed by atoms with Crippen LogP contribution in [-0.4, -0.2) is 26.1 Å². The van der Waals surface area contributed by atoms with E-state index in [1.807, 2.05) is 0 Å². The van der Waals surface area contributed by atoms with E-state index in [1.54, 1.807) is 5.82 Å². The molecule has 0 heterocycles. The van der Waals surface area contributed by atoms with Gasteiger partial charge in [0.25, 0.3) is 0 Å². The molecule has 0 saturated heterocycles. The van der Waals surface area contributed by atoms with Gasteiger partial charge in [-0.15, -0.1) is 0 Å². The first-order valence-corrected chi connectivity index (χ1v) is 7.46. The fourth-order valence-electron chi connectivity index (χ4n) is 0. The summed E-state index contributed by atoms with van der Waals surface area (Å²) in [6.07, 6.45) is 0. The summed E-state index contributed by atoms with van der Waals surface area (Å²) in [5, 5.41) is 0. The van der Waals surface area contributed by atoms with Crippen molar-refractivity contribution in [2.24, 2.45) is 0 Å². The van der Waals surface area contributed by atoms with E-state index < -0.39 is 6.06 Å². The van der Waals surface area contributed by atoms with E-state index >= 15 is 0 Å². The third kappa shape index (κ3) is 4.71. The van der Waals surface area contributed by atoms with E-state index in [0.29, 0.717) is 0 Å². The Morgan fingerprint density at radius 1 is 1.83 bits per heavy atom. The van der Waals surface area contributed by atoms with Gasteiger partial charge in [0.2, 0.25) is 0 Å². The molecule has 0 aliphatic heterocycles. The average molecular weight is 173 g/mol. The monoisotopic (exact) mass is 174 g/mol. The molecule has 0 aliphatic carbocycles. The maximum atomic E-state index is 10.2.